The SMILES string of the molecule is O=C(NC1(C(=O)O)CCOC1)N1CCCC1CO. The average Bonchev–Trinajstić information content (AvgIpc) is 2.97. The Morgan fingerprint density at radius 3 is 2.83 bits per heavy atom. The number of ether oxygens (including phenoxy) is 1. The van der Waals surface area contributed by atoms with Gasteiger partial charge in [0.2, 0.25) is 0 Å². The predicted molar refractivity (Wildman–Crippen MR) is 61.1 cm³/mol. The normalized spacial score (nSPS) is 31.6. The number of carbonyl (C=O) groups is 2. The fourth-order valence-electron chi connectivity index (χ4n) is 2.46. The van der Waals surface area contributed by atoms with Crippen molar-refractivity contribution in [2.24, 2.45) is 0 Å². The Morgan fingerprint density at radius 2 is 2.28 bits per heavy atom. The lowest BCUT2D eigenvalue weighted by atomic mass is 9.99. The number of amides is 2. The van der Waals surface area contributed by atoms with Gasteiger partial charge in [0.25, 0.3) is 0 Å². The van der Waals surface area contributed by atoms with E-state index < -0.39 is 17.5 Å². The number of nitrogens with one attached hydrogen (secondary N) is 1. The summed E-state index contributed by atoms with van der Waals surface area (Å²) >= 11 is 0. The first kappa shape index (κ1) is 13.1. The van der Waals surface area contributed by atoms with E-state index in [4.69, 9.17) is 9.84 Å². The van der Waals surface area contributed by atoms with Gasteiger partial charge in [-0.15, -0.1) is 0 Å². The summed E-state index contributed by atoms with van der Waals surface area (Å²) in [6.07, 6.45) is 1.85. The topological polar surface area (TPSA) is 99.1 Å². The van der Waals surface area contributed by atoms with E-state index in [-0.39, 0.29) is 25.7 Å². The number of aliphatic hydroxyl groups excluding tert-OH is 1. The Morgan fingerprint density at radius 1 is 1.50 bits per heavy atom. The molecule has 18 heavy (non-hydrogen) atoms. The molecule has 3 N–H and O–H groups in total. The standard InChI is InChI=1S/C11H18N2O5/c14-6-8-2-1-4-13(8)10(17)12-11(9(15)16)3-5-18-7-11/h8,14H,1-7H2,(H,12,17)(H,15,16). The number of hydrogen-bond donors (Lipinski definition) is 3. The quantitative estimate of drug-likeness (QED) is 0.627. The number of aliphatic carboxylic acids is 1. The van der Waals surface area contributed by atoms with Gasteiger partial charge in [0.15, 0.2) is 5.54 Å². The average molecular weight is 258 g/mol. The summed E-state index contributed by atoms with van der Waals surface area (Å²) in [5.41, 5.74) is -1.32. The molecule has 7 heteroatoms. The van der Waals surface area contributed by atoms with E-state index in [9.17, 15) is 14.7 Å². The molecule has 2 aliphatic heterocycles. The molecule has 102 valence electrons. The number of urea groups is 1. The van der Waals surface area contributed by atoms with Gasteiger partial charge in [-0.2, -0.15) is 0 Å². The first-order chi connectivity index (χ1) is 8.59. The van der Waals surface area contributed by atoms with Crippen LogP contribution in [0.3, 0.4) is 0 Å². The van der Waals surface area contributed by atoms with Crippen LogP contribution in [0.5, 0.6) is 0 Å². The molecule has 0 aromatic rings. The number of aliphatic hydroxyl groups is 1. The summed E-state index contributed by atoms with van der Waals surface area (Å²) in [5.74, 6) is -1.08. The van der Waals surface area contributed by atoms with Crippen LogP contribution in [-0.2, 0) is 9.53 Å². The van der Waals surface area contributed by atoms with Crippen molar-refractivity contribution in [2.75, 3.05) is 26.4 Å². The fraction of sp³-hybridized carbons (Fsp3) is 0.818. The van der Waals surface area contributed by atoms with Gasteiger partial charge >= 0.3 is 12.0 Å². The number of rotatable bonds is 3. The summed E-state index contributed by atoms with van der Waals surface area (Å²) in [5, 5.41) is 20.9. The second kappa shape index (κ2) is 5.11. The fourth-order valence-corrected chi connectivity index (χ4v) is 2.46. The van der Waals surface area contributed by atoms with E-state index in [1.165, 1.54) is 4.90 Å². The van der Waals surface area contributed by atoms with E-state index >= 15 is 0 Å². The summed E-state index contributed by atoms with van der Waals surface area (Å²) in [6.45, 7) is 0.777. The van der Waals surface area contributed by atoms with Crippen LogP contribution in [0.2, 0.25) is 0 Å². The van der Waals surface area contributed by atoms with E-state index in [1.54, 1.807) is 0 Å². The zero-order valence-corrected chi connectivity index (χ0v) is 10.1. The second-order valence-electron chi connectivity index (χ2n) is 4.79. The zero-order chi connectivity index (χ0) is 13.2. The Hall–Kier alpha value is -1.34. The molecule has 0 aromatic heterocycles. The van der Waals surface area contributed by atoms with Crippen molar-refractivity contribution in [3.05, 3.63) is 0 Å². The van der Waals surface area contributed by atoms with E-state index in [1.807, 2.05) is 0 Å². The minimum absolute atomic E-state index is 0.00823. The van der Waals surface area contributed by atoms with Crippen molar-refractivity contribution in [2.45, 2.75) is 30.8 Å². The largest absolute Gasteiger partial charge is 0.479 e. The van der Waals surface area contributed by atoms with Gasteiger partial charge < -0.3 is 25.2 Å². The summed E-state index contributed by atoms with van der Waals surface area (Å²) < 4.78 is 5.08. The highest BCUT2D eigenvalue weighted by Crippen LogP contribution is 2.22. The van der Waals surface area contributed by atoms with Gasteiger partial charge in [-0.1, -0.05) is 0 Å². The Bertz CT molecular complexity index is 340. The molecule has 2 rings (SSSR count). The molecule has 2 fully saturated rings. The van der Waals surface area contributed by atoms with Crippen molar-refractivity contribution in [3.63, 3.8) is 0 Å². The number of hydrogen-bond acceptors (Lipinski definition) is 4. The molecule has 0 saturated carbocycles. The molecule has 2 aliphatic rings. The number of likely N-dealkylation sites (tertiary alicyclic amines) is 1. The highest BCUT2D eigenvalue weighted by atomic mass is 16.5. The molecule has 2 unspecified atom stereocenters. The minimum Gasteiger partial charge on any atom is -0.479 e. The van der Waals surface area contributed by atoms with Crippen LogP contribution in [0.4, 0.5) is 4.79 Å². The third kappa shape index (κ3) is 2.28. The number of carbonyl (C=O) groups excluding carboxylic acids is 1. The van der Waals surface area contributed by atoms with Gasteiger partial charge in [-0.05, 0) is 12.8 Å². The van der Waals surface area contributed by atoms with Crippen LogP contribution in [0.15, 0.2) is 0 Å². The van der Waals surface area contributed by atoms with Gasteiger partial charge in [-0.25, -0.2) is 9.59 Å². The minimum atomic E-state index is -1.32. The molecule has 0 spiro atoms. The molecular formula is C11H18N2O5. The Kier molecular flexibility index (Phi) is 3.72. The van der Waals surface area contributed by atoms with Gasteiger partial charge in [0.1, 0.15) is 0 Å². The number of carboxylic acids is 1. The molecule has 2 heterocycles. The van der Waals surface area contributed by atoms with Gasteiger partial charge in [0, 0.05) is 19.6 Å². The van der Waals surface area contributed by atoms with Crippen molar-refractivity contribution >= 4 is 12.0 Å². The highest BCUT2D eigenvalue weighted by molar-refractivity contribution is 5.87. The van der Waals surface area contributed by atoms with E-state index in [0.29, 0.717) is 13.2 Å². The molecular weight excluding hydrogens is 240 g/mol. The van der Waals surface area contributed by atoms with Crippen molar-refractivity contribution in [1.29, 1.82) is 0 Å². The van der Waals surface area contributed by atoms with Crippen molar-refractivity contribution in [3.8, 4) is 0 Å². The molecule has 0 aromatic carbocycles. The predicted octanol–water partition coefficient (Wildman–Crippen LogP) is -0.604. The number of carboxylic acid groups (broad SMARTS) is 1. The monoisotopic (exact) mass is 258 g/mol. The lowest BCUT2D eigenvalue weighted by Gasteiger charge is -2.29. The van der Waals surface area contributed by atoms with Crippen molar-refractivity contribution < 1.29 is 24.5 Å². The molecule has 2 saturated heterocycles. The van der Waals surface area contributed by atoms with Crippen LogP contribution in [0, 0.1) is 0 Å². The smallest absolute Gasteiger partial charge is 0.332 e. The first-order valence-electron chi connectivity index (χ1n) is 6.10. The summed E-state index contributed by atoms with van der Waals surface area (Å²) in [7, 11) is 0. The van der Waals surface area contributed by atoms with Gasteiger partial charge in [-0.3, -0.25) is 0 Å². The Labute approximate surface area is 105 Å². The van der Waals surface area contributed by atoms with Crippen LogP contribution in [0.25, 0.3) is 0 Å². The molecule has 0 aliphatic carbocycles. The van der Waals surface area contributed by atoms with Crippen LogP contribution in [-0.4, -0.2) is 65.1 Å². The maximum Gasteiger partial charge on any atom is 0.332 e. The maximum atomic E-state index is 12.1. The van der Waals surface area contributed by atoms with Crippen LogP contribution < -0.4 is 5.32 Å². The lowest BCUT2D eigenvalue weighted by Crippen LogP contribution is -2.59. The van der Waals surface area contributed by atoms with E-state index in [0.717, 1.165) is 12.8 Å². The molecule has 2 atom stereocenters. The van der Waals surface area contributed by atoms with Crippen LogP contribution in [0.1, 0.15) is 19.3 Å². The Balaban J connectivity index is 2.03. The summed E-state index contributed by atoms with van der Waals surface area (Å²) in [4.78, 5) is 24.8. The second-order valence-corrected chi connectivity index (χ2v) is 4.79. The third-order valence-corrected chi connectivity index (χ3v) is 3.63. The van der Waals surface area contributed by atoms with Crippen LogP contribution >= 0.6 is 0 Å². The molecule has 0 radical (unpaired) electrons. The maximum absolute atomic E-state index is 12.1. The third-order valence-electron chi connectivity index (χ3n) is 3.63. The zero-order valence-electron chi connectivity index (χ0n) is 10.1. The van der Waals surface area contributed by atoms with Gasteiger partial charge in [0.05, 0.1) is 19.3 Å². The summed E-state index contributed by atoms with van der Waals surface area (Å²) in [6, 6.07) is -0.641. The molecule has 0 bridgehead atoms. The first-order valence-corrected chi connectivity index (χ1v) is 6.10. The molecule has 2 amide bonds. The van der Waals surface area contributed by atoms with Crippen molar-refractivity contribution in [1.82, 2.24) is 10.2 Å². The number of nitrogens with zero attached hydrogens (tertiary/aromatic N) is 1. The lowest BCUT2D eigenvalue weighted by molar-refractivity contribution is -0.144. The molecule has 7 nitrogen and oxygen atoms in total. The highest BCUT2D eigenvalue weighted by Gasteiger charge is 2.45. The van der Waals surface area contributed by atoms with E-state index in [2.05, 4.69) is 5.32 Å².